The zero-order valence-corrected chi connectivity index (χ0v) is 11.8. The van der Waals surface area contributed by atoms with Crippen molar-refractivity contribution in [3.8, 4) is 5.75 Å². The Morgan fingerprint density at radius 1 is 1.38 bits per heavy atom. The van der Waals surface area contributed by atoms with Crippen LogP contribution in [-0.4, -0.2) is 30.9 Å². The number of likely N-dealkylation sites (N-methyl/N-ethyl adjacent to an activating group) is 1. The van der Waals surface area contributed by atoms with E-state index in [0.29, 0.717) is 25.1 Å². The Kier molecular flexibility index (Phi) is 4.51. The molecule has 1 fully saturated rings. The molecule has 7 heteroatoms. The fraction of sp³-hybridized carbons (Fsp3) is 0.571. The molecule has 0 bridgehead atoms. The molecule has 3 N–H and O–H groups in total. The fourth-order valence-electron chi connectivity index (χ4n) is 2.79. The summed E-state index contributed by atoms with van der Waals surface area (Å²) >= 11 is 0. The number of hydrogen-bond acceptors (Lipinski definition) is 4. The molecule has 2 rings (SSSR count). The van der Waals surface area contributed by atoms with E-state index in [1.807, 2.05) is 0 Å². The molecule has 1 saturated carbocycles. The van der Waals surface area contributed by atoms with E-state index in [9.17, 15) is 18.3 Å². The van der Waals surface area contributed by atoms with E-state index in [2.05, 4.69) is 4.74 Å². The van der Waals surface area contributed by atoms with E-state index in [4.69, 9.17) is 5.73 Å². The standard InChI is InChI=1S/C14H19F3N2O2/c1-19(8-14(20)4-2-3-5-14)11-7-12(21-13(16)17)9(15)6-10(11)18/h6-7,13,20H,2-5,8,18H2,1H3. The van der Waals surface area contributed by atoms with Crippen LogP contribution < -0.4 is 15.4 Å². The highest BCUT2D eigenvalue weighted by Gasteiger charge is 2.32. The average Bonchev–Trinajstić information content (AvgIpc) is 2.78. The van der Waals surface area contributed by atoms with Crippen molar-refractivity contribution in [3.63, 3.8) is 0 Å². The number of rotatable bonds is 5. The lowest BCUT2D eigenvalue weighted by atomic mass is 10.0. The first-order valence-electron chi connectivity index (χ1n) is 6.78. The van der Waals surface area contributed by atoms with Crippen molar-refractivity contribution in [2.24, 2.45) is 0 Å². The molecule has 4 nitrogen and oxygen atoms in total. The molecule has 1 aliphatic carbocycles. The summed E-state index contributed by atoms with van der Waals surface area (Å²) in [7, 11) is 1.67. The summed E-state index contributed by atoms with van der Waals surface area (Å²) in [6.45, 7) is -2.81. The molecule has 0 radical (unpaired) electrons. The number of benzene rings is 1. The van der Waals surface area contributed by atoms with Crippen LogP contribution >= 0.6 is 0 Å². The zero-order valence-electron chi connectivity index (χ0n) is 11.8. The Labute approximate surface area is 121 Å². The van der Waals surface area contributed by atoms with Crippen molar-refractivity contribution in [1.29, 1.82) is 0 Å². The monoisotopic (exact) mass is 304 g/mol. The molecule has 0 unspecified atom stereocenters. The number of alkyl halides is 2. The third kappa shape index (κ3) is 3.72. The second-order valence-corrected chi connectivity index (χ2v) is 5.51. The van der Waals surface area contributed by atoms with Crippen LogP contribution in [0.5, 0.6) is 5.75 Å². The Bertz CT molecular complexity index is 505. The van der Waals surface area contributed by atoms with Crippen molar-refractivity contribution in [3.05, 3.63) is 17.9 Å². The quantitative estimate of drug-likeness (QED) is 0.821. The third-order valence-corrected chi connectivity index (χ3v) is 3.77. The van der Waals surface area contributed by atoms with Gasteiger partial charge in [0.05, 0.1) is 17.0 Å². The smallest absolute Gasteiger partial charge is 0.387 e. The van der Waals surface area contributed by atoms with Crippen LogP contribution in [0.1, 0.15) is 25.7 Å². The lowest BCUT2D eigenvalue weighted by Crippen LogP contribution is -2.39. The SMILES string of the molecule is CN(CC1(O)CCCC1)c1cc(OC(F)F)c(F)cc1N. The van der Waals surface area contributed by atoms with Gasteiger partial charge >= 0.3 is 6.61 Å². The second kappa shape index (κ2) is 6.01. The zero-order chi connectivity index (χ0) is 15.6. The maximum Gasteiger partial charge on any atom is 0.387 e. The van der Waals surface area contributed by atoms with Gasteiger partial charge in [0.2, 0.25) is 0 Å². The number of anilines is 2. The Morgan fingerprint density at radius 3 is 2.57 bits per heavy atom. The van der Waals surface area contributed by atoms with Crippen LogP contribution in [-0.2, 0) is 0 Å². The predicted octanol–water partition coefficient (Wildman–Crippen LogP) is 2.75. The summed E-state index contributed by atoms with van der Waals surface area (Å²) in [5.41, 5.74) is 5.38. The van der Waals surface area contributed by atoms with E-state index in [1.165, 1.54) is 0 Å². The molecule has 0 spiro atoms. The lowest BCUT2D eigenvalue weighted by Gasteiger charge is -2.31. The maximum atomic E-state index is 13.5. The molecule has 118 valence electrons. The third-order valence-electron chi connectivity index (χ3n) is 3.77. The number of nitrogen functional groups attached to an aromatic ring is 1. The van der Waals surface area contributed by atoms with Gasteiger partial charge < -0.3 is 20.5 Å². The van der Waals surface area contributed by atoms with Crippen molar-refractivity contribution >= 4 is 11.4 Å². The van der Waals surface area contributed by atoms with Crippen LogP contribution in [0.15, 0.2) is 12.1 Å². The van der Waals surface area contributed by atoms with Crippen LogP contribution in [0.4, 0.5) is 24.5 Å². The Morgan fingerprint density at radius 2 is 2.00 bits per heavy atom. The van der Waals surface area contributed by atoms with E-state index in [1.54, 1.807) is 11.9 Å². The van der Waals surface area contributed by atoms with Crippen LogP contribution in [0.3, 0.4) is 0 Å². The first kappa shape index (κ1) is 15.8. The van der Waals surface area contributed by atoms with Gasteiger partial charge in [0.1, 0.15) is 0 Å². The predicted molar refractivity (Wildman–Crippen MR) is 74.1 cm³/mol. The Hall–Kier alpha value is -1.63. The minimum Gasteiger partial charge on any atom is -0.432 e. The van der Waals surface area contributed by atoms with Gasteiger partial charge in [0.15, 0.2) is 11.6 Å². The van der Waals surface area contributed by atoms with E-state index in [0.717, 1.165) is 25.0 Å². The number of halogens is 3. The summed E-state index contributed by atoms with van der Waals surface area (Å²) in [6.07, 6.45) is 3.25. The molecule has 0 aliphatic heterocycles. The molecule has 0 saturated heterocycles. The van der Waals surface area contributed by atoms with Gasteiger partial charge in [-0.25, -0.2) is 4.39 Å². The van der Waals surface area contributed by atoms with Crippen LogP contribution in [0.25, 0.3) is 0 Å². The molecule has 1 aromatic carbocycles. The maximum absolute atomic E-state index is 13.5. The molecule has 0 atom stereocenters. The number of nitrogens with two attached hydrogens (primary N) is 1. The highest BCUT2D eigenvalue weighted by Crippen LogP contribution is 2.35. The molecule has 0 heterocycles. The molecule has 1 aromatic rings. The van der Waals surface area contributed by atoms with E-state index < -0.39 is 23.8 Å². The normalized spacial score (nSPS) is 17.2. The molecular formula is C14H19F3N2O2. The largest absolute Gasteiger partial charge is 0.432 e. The summed E-state index contributed by atoms with van der Waals surface area (Å²) in [4.78, 5) is 1.64. The van der Waals surface area contributed by atoms with Gasteiger partial charge in [0, 0.05) is 25.7 Å². The number of hydrogen-bond donors (Lipinski definition) is 2. The highest BCUT2D eigenvalue weighted by atomic mass is 19.3. The van der Waals surface area contributed by atoms with Gasteiger partial charge in [-0.15, -0.1) is 0 Å². The fourth-order valence-corrected chi connectivity index (χ4v) is 2.79. The number of ether oxygens (including phenoxy) is 1. The summed E-state index contributed by atoms with van der Waals surface area (Å²) in [5.74, 6) is -1.50. The first-order valence-corrected chi connectivity index (χ1v) is 6.78. The summed E-state index contributed by atoms with van der Waals surface area (Å²) < 4.78 is 42.2. The molecule has 0 aromatic heterocycles. The van der Waals surface area contributed by atoms with E-state index in [-0.39, 0.29) is 5.69 Å². The Balaban J connectivity index is 2.21. The molecule has 1 aliphatic rings. The minimum atomic E-state index is -3.11. The molecule has 0 amide bonds. The van der Waals surface area contributed by atoms with Crippen LogP contribution in [0, 0.1) is 5.82 Å². The summed E-state index contributed by atoms with van der Waals surface area (Å²) in [6, 6.07) is 2.08. The van der Waals surface area contributed by atoms with Gasteiger partial charge in [-0.1, -0.05) is 12.8 Å². The van der Waals surface area contributed by atoms with Crippen molar-refractivity contribution in [1.82, 2.24) is 0 Å². The average molecular weight is 304 g/mol. The molecular weight excluding hydrogens is 285 g/mol. The highest BCUT2D eigenvalue weighted by molar-refractivity contribution is 5.69. The number of nitrogens with zero attached hydrogens (tertiary/aromatic N) is 1. The first-order chi connectivity index (χ1) is 9.81. The van der Waals surface area contributed by atoms with Crippen molar-refractivity contribution in [2.45, 2.75) is 37.9 Å². The van der Waals surface area contributed by atoms with Gasteiger partial charge in [-0.3, -0.25) is 0 Å². The topological polar surface area (TPSA) is 58.7 Å². The summed E-state index contributed by atoms with van der Waals surface area (Å²) in [5, 5.41) is 10.4. The van der Waals surface area contributed by atoms with Crippen molar-refractivity contribution in [2.75, 3.05) is 24.2 Å². The van der Waals surface area contributed by atoms with Crippen molar-refractivity contribution < 1.29 is 23.0 Å². The van der Waals surface area contributed by atoms with Gasteiger partial charge in [0.25, 0.3) is 0 Å². The number of aliphatic hydroxyl groups is 1. The molecule has 21 heavy (non-hydrogen) atoms. The van der Waals surface area contributed by atoms with E-state index >= 15 is 0 Å². The van der Waals surface area contributed by atoms with Gasteiger partial charge in [-0.05, 0) is 12.8 Å². The minimum absolute atomic E-state index is 0.109. The van der Waals surface area contributed by atoms with Crippen LogP contribution in [0.2, 0.25) is 0 Å². The van der Waals surface area contributed by atoms with Gasteiger partial charge in [-0.2, -0.15) is 8.78 Å². The lowest BCUT2D eigenvalue weighted by molar-refractivity contribution is -0.0521. The second-order valence-electron chi connectivity index (χ2n) is 5.51.